The van der Waals surface area contributed by atoms with Gasteiger partial charge in [0.1, 0.15) is 6.04 Å². The third-order valence-electron chi connectivity index (χ3n) is 2.61. The van der Waals surface area contributed by atoms with E-state index < -0.39 is 18.1 Å². The molecule has 0 radical (unpaired) electrons. The smallest absolute Gasteiger partial charge is 0.240 e. The molecule has 0 saturated carbocycles. The van der Waals surface area contributed by atoms with Crippen LogP contribution in [0.5, 0.6) is 0 Å². The van der Waals surface area contributed by atoms with Gasteiger partial charge in [-0.2, -0.15) is 0 Å². The van der Waals surface area contributed by atoms with Crippen LogP contribution >= 0.6 is 0 Å². The van der Waals surface area contributed by atoms with Crippen LogP contribution in [0.3, 0.4) is 0 Å². The molecule has 2 amide bonds. The molecule has 16 heavy (non-hydrogen) atoms. The number of likely N-dealkylation sites (tertiary alicyclic amines) is 1. The van der Waals surface area contributed by atoms with E-state index in [0.29, 0.717) is 6.42 Å². The minimum Gasteiger partial charge on any atom is -0.391 e. The Kier molecular flexibility index (Phi) is 3.57. The van der Waals surface area contributed by atoms with Gasteiger partial charge < -0.3 is 15.7 Å². The van der Waals surface area contributed by atoms with E-state index in [1.165, 1.54) is 4.90 Å². The van der Waals surface area contributed by atoms with E-state index >= 15 is 0 Å². The number of aliphatic hydroxyl groups is 1. The Balaban J connectivity index is 2.71. The Hall–Kier alpha value is -1.10. The summed E-state index contributed by atoms with van der Waals surface area (Å²) in [7, 11) is 0. The summed E-state index contributed by atoms with van der Waals surface area (Å²) in [5.41, 5.74) is 5.08. The zero-order chi connectivity index (χ0) is 12.5. The number of amides is 2. The van der Waals surface area contributed by atoms with Gasteiger partial charge in [0, 0.05) is 19.4 Å². The molecule has 92 valence electrons. The summed E-state index contributed by atoms with van der Waals surface area (Å²) in [5.74, 6) is -0.661. The minimum absolute atomic E-state index is 0.118. The first-order chi connectivity index (χ1) is 7.20. The summed E-state index contributed by atoms with van der Waals surface area (Å²) < 4.78 is 0. The molecular formula is C11H20N2O3. The van der Waals surface area contributed by atoms with E-state index in [1.54, 1.807) is 0 Å². The number of rotatable bonds is 2. The van der Waals surface area contributed by atoms with Crippen molar-refractivity contribution in [1.82, 2.24) is 4.90 Å². The van der Waals surface area contributed by atoms with Gasteiger partial charge in [-0.15, -0.1) is 0 Å². The van der Waals surface area contributed by atoms with Gasteiger partial charge in [-0.25, -0.2) is 0 Å². The third-order valence-corrected chi connectivity index (χ3v) is 2.61. The van der Waals surface area contributed by atoms with Crippen LogP contribution in [0, 0.1) is 5.41 Å². The number of nitrogens with two attached hydrogens (primary N) is 1. The monoisotopic (exact) mass is 228 g/mol. The molecule has 2 atom stereocenters. The Morgan fingerprint density at radius 2 is 2.00 bits per heavy atom. The highest BCUT2D eigenvalue weighted by Gasteiger charge is 2.38. The molecule has 1 unspecified atom stereocenters. The van der Waals surface area contributed by atoms with E-state index in [0.717, 1.165) is 0 Å². The largest absolute Gasteiger partial charge is 0.391 e. The molecule has 0 aromatic heterocycles. The summed E-state index contributed by atoms with van der Waals surface area (Å²) >= 11 is 0. The summed E-state index contributed by atoms with van der Waals surface area (Å²) in [6.45, 7) is 6.08. The lowest BCUT2D eigenvalue weighted by molar-refractivity contribution is -0.138. The van der Waals surface area contributed by atoms with Gasteiger partial charge in [0.25, 0.3) is 0 Å². The number of aliphatic hydroxyl groups excluding tert-OH is 1. The molecule has 1 aliphatic heterocycles. The predicted octanol–water partition coefficient (Wildman–Crippen LogP) is -0.130. The van der Waals surface area contributed by atoms with Gasteiger partial charge in [0.2, 0.25) is 11.8 Å². The van der Waals surface area contributed by atoms with Crippen LogP contribution in [0.1, 0.15) is 33.6 Å². The van der Waals surface area contributed by atoms with Crippen molar-refractivity contribution in [3.05, 3.63) is 0 Å². The van der Waals surface area contributed by atoms with E-state index in [4.69, 9.17) is 5.73 Å². The van der Waals surface area contributed by atoms with Gasteiger partial charge in [-0.3, -0.25) is 9.59 Å². The fourth-order valence-electron chi connectivity index (χ4n) is 1.91. The first-order valence-electron chi connectivity index (χ1n) is 5.47. The van der Waals surface area contributed by atoms with Crippen LogP contribution in [0.15, 0.2) is 0 Å². The minimum atomic E-state index is -0.648. The summed E-state index contributed by atoms with van der Waals surface area (Å²) in [5, 5.41) is 9.46. The molecule has 0 aromatic carbocycles. The molecule has 0 aliphatic carbocycles. The fourth-order valence-corrected chi connectivity index (χ4v) is 1.91. The fraction of sp³-hybridized carbons (Fsp3) is 0.818. The highest BCUT2D eigenvalue weighted by molar-refractivity contribution is 5.87. The molecule has 0 bridgehead atoms. The van der Waals surface area contributed by atoms with Gasteiger partial charge in [-0.05, 0) is 5.41 Å². The second-order valence-corrected chi connectivity index (χ2v) is 5.59. The molecule has 3 N–H and O–H groups in total. The van der Waals surface area contributed by atoms with Crippen molar-refractivity contribution >= 4 is 11.8 Å². The molecule has 1 rings (SSSR count). The average molecular weight is 228 g/mol. The maximum Gasteiger partial charge on any atom is 0.240 e. The van der Waals surface area contributed by atoms with Crippen LogP contribution in [-0.2, 0) is 9.59 Å². The zero-order valence-electron chi connectivity index (χ0n) is 10.1. The van der Waals surface area contributed by atoms with Gasteiger partial charge in [0.15, 0.2) is 0 Å². The quantitative estimate of drug-likeness (QED) is 0.690. The second-order valence-electron chi connectivity index (χ2n) is 5.59. The van der Waals surface area contributed by atoms with Crippen LogP contribution in [0.4, 0.5) is 0 Å². The van der Waals surface area contributed by atoms with E-state index in [9.17, 15) is 14.7 Å². The Morgan fingerprint density at radius 1 is 1.44 bits per heavy atom. The van der Waals surface area contributed by atoms with Gasteiger partial charge >= 0.3 is 0 Å². The summed E-state index contributed by atoms with van der Waals surface area (Å²) in [6, 6.07) is -0.648. The van der Waals surface area contributed by atoms with Crippen molar-refractivity contribution in [3.63, 3.8) is 0 Å². The van der Waals surface area contributed by atoms with E-state index in [-0.39, 0.29) is 24.3 Å². The van der Waals surface area contributed by atoms with Crippen molar-refractivity contribution in [3.8, 4) is 0 Å². The molecule has 0 aromatic rings. The number of nitrogens with zero attached hydrogens (tertiary/aromatic N) is 1. The highest BCUT2D eigenvalue weighted by Crippen LogP contribution is 2.24. The second kappa shape index (κ2) is 4.41. The van der Waals surface area contributed by atoms with E-state index in [1.807, 2.05) is 20.8 Å². The van der Waals surface area contributed by atoms with Crippen LogP contribution in [0.25, 0.3) is 0 Å². The maximum atomic E-state index is 11.9. The molecule has 1 saturated heterocycles. The summed E-state index contributed by atoms with van der Waals surface area (Å²) in [4.78, 5) is 24.5. The topological polar surface area (TPSA) is 83.6 Å². The number of primary amides is 1. The van der Waals surface area contributed by atoms with Gasteiger partial charge in [0.05, 0.1) is 6.10 Å². The molecule has 1 fully saturated rings. The van der Waals surface area contributed by atoms with E-state index in [2.05, 4.69) is 0 Å². The average Bonchev–Trinajstić information content (AvgIpc) is 2.44. The molecule has 0 spiro atoms. The molecule has 1 heterocycles. The Morgan fingerprint density at radius 3 is 2.44 bits per heavy atom. The molecule has 5 heteroatoms. The van der Waals surface area contributed by atoms with Crippen molar-refractivity contribution in [2.45, 2.75) is 45.8 Å². The standard InChI is InChI=1S/C11H20N2O3/c1-11(2,3)5-9(15)13-6-7(14)4-8(13)10(12)16/h7-8,14H,4-6H2,1-3H3,(H2,12,16)/t7?,8-/m1/s1. The predicted molar refractivity (Wildman–Crippen MR) is 59.4 cm³/mol. The van der Waals surface area contributed by atoms with Crippen LogP contribution in [0.2, 0.25) is 0 Å². The number of carbonyl (C=O) groups is 2. The lowest BCUT2D eigenvalue weighted by atomic mass is 9.91. The maximum absolute atomic E-state index is 11.9. The molecule has 1 aliphatic rings. The number of hydrogen-bond acceptors (Lipinski definition) is 3. The van der Waals surface area contributed by atoms with Gasteiger partial charge in [-0.1, -0.05) is 20.8 Å². The lowest BCUT2D eigenvalue weighted by Crippen LogP contribution is -2.44. The number of carbonyl (C=O) groups excluding carboxylic acids is 2. The first-order valence-corrected chi connectivity index (χ1v) is 5.47. The van der Waals surface area contributed by atoms with Crippen molar-refractivity contribution in [2.24, 2.45) is 11.1 Å². The Labute approximate surface area is 95.6 Å². The third kappa shape index (κ3) is 3.20. The SMILES string of the molecule is CC(C)(C)CC(=O)N1CC(O)C[C@@H]1C(N)=O. The van der Waals surface area contributed by atoms with Crippen molar-refractivity contribution in [2.75, 3.05) is 6.54 Å². The number of β-amino-alcohol motifs (C(OH)–C–C–N with tert-alkyl or cyclic N) is 1. The normalized spacial score (nSPS) is 25.9. The van der Waals surface area contributed by atoms with Crippen molar-refractivity contribution < 1.29 is 14.7 Å². The molecule has 5 nitrogen and oxygen atoms in total. The zero-order valence-corrected chi connectivity index (χ0v) is 10.1. The lowest BCUT2D eigenvalue weighted by Gasteiger charge is -2.26. The Bertz CT molecular complexity index is 296. The first kappa shape index (κ1) is 13.0. The highest BCUT2D eigenvalue weighted by atomic mass is 16.3. The van der Waals surface area contributed by atoms with Crippen LogP contribution in [-0.4, -0.2) is 40.5 Å². The molecular weight excluding hydrogens is 208 g/mol. The summed E-state index contributed by atoms with van der Waals surface area (Å²) in [6.07, 6.45) is -0.0317. The van der Waals surface area contributed by atoms with Crippen molar-refractivity contribution in [1.29, 1.82) is 0 Å². The number of hydrogen-bond donors (Lipinski definition) is 2. The van der Waals surface area contributed by atoms with Crippen LogP contribution < -0.4 is 5.73 Å².